The Bertz CT molecular complexity index is 397. The molecular weight excluding hydrogens is 188 g/mol. The molecule has 3 rings (SSSR count). The number of benzene rings is 1. The lowest BCUT2D eigenvalue weighted by Crippen LogP contribution is -2.29. The van der Waals surface area contributed by atoms with Gasteiger partial charge in [-0.3, -0.25) is 0 Å². The van der Waals surface area contributed by atoms with Crippen LogP contribution < -0.4 is 0 Å². The van der Waals surface area contributed by atoms with Crippen LogP contribution in [0, 0.1) is 0 Å². The van der Waals surface area contributed by atoms with Crippen molar-refractivity contribution in [3.8, 4) is 0 Å². The highest BCUT2D eigenvalue weighted by molar-refractivity contribution is 5.38. The van der Waals surface area contributed by atoms with Crippen LogP contribution in [0.25, 0.3) is 0 Å². The molecule has 1 aromatic rings. The second-order valence-corrected chi connectivity index (χ2v) is 4.94. The minimum Gasteiger partial charge on any atom is -0.347 e. The van der Waals surface area contributed by atoms with Crippen molar-refractivity contribution < 1.29 is 9.47 Å². The molecule has 0 radical (unpaired) electrons. The molecule has 1 aromatic carbocycles. The number of aryl methyl sites for hydroxylation is 1. The summed E-state index contributed by atoms with van der Waals surface area (Å²) in [5.41, 5.74) is 2.58. The standard InChI is InChI=1S/C13H16O2/c1-12(2)14-9-13(15-12)8-7-10-5-3-4-6-11(10)13/h3-6H,7-9H2,1-2H3. The van der Waals surface area contributed by atoms with E-state index in [2.05, 4.69) is 24.3 Å². The maximum atomic E-state index is 6.10. The Kier molecular flexibility index (Phi) is 1.77. The third-order valence-corrected chi connectivity index (χ3v) is 3.40. The van der Waals surface area contributed by atoms with Crippen LogP contribution in [0.15, 0.2) is 24.3 Å². The zero-order valence-electron chi connectivity index (χ0n) is 9.25. The Hall–Kier alpha value is -0.860. The predicted octanol–water partition coefficient (Wildman–Crippen LogP) is 2.61. The van der Waals surface area contributed by atoms with Crippen molar-refractivity contribution in [3.05, 3.63) is 35.4 Å². The van der Waals surface area contributed by atoms with E-state index in [-0.39, 0.29) is 5.60 Å². The summed E-state index contributed by atoms with van der Waals surface area (Å²) in [6.45, 7) is 4.67. The van der Waals surface area contributed by atoms with E-state index in [0.717, 1.165) is 12.8 Å². The SMILES string of the molecule is CC1(C)OCC2(CCc3ccccc32)O1. The molecule has 0 saturated carbocycles. The summed E-state index contributed by atoms with van der Waals surface area (Å²) in [4.78, 5) is 0. The van der Waals surface area contributed by atoms with Crippen molar-refractivity contribution in [1.29, 1.82) is 0 Å². The van der Waals surface area contributed by atoms with Gasteiger partial charge in [-0.25, -0.2) is 0 Å². The van der Waals surface area contributed by atoms with Crippen LogP contribution in [-0.2, 0) is 21.5 Å². The number of fused-ring (bicyclic) bond motifs is 2. The minimum absolute atomic E-state index is 0.167. The third kappa shape index (κ3) is 1.32. The Morgan fingerprint density at radius 2 is 2.00 bits per heavy atom. The Morgan fingerprint density at radius 3 is 2.73 bits per heavy atom. The van der Waals surface area contributed by atoms with E-state index in [9.17, 15) is 0 Å². The van der Waals surface area contributed by atoms with Gasteiger partial charge in [-0.15, -0.1) is 0 Å². The molecule has 1 saturated heterocycles. The fourth-order valence-corrected chi connectivity index (χ4v) is 2.73. The predicted molar refractivity (Wildman–Crippen MR) is 57.6 cm³/mol. The van der Waals surface area contributed by atoms with Crippen molar-refractivity contribution in [2.75, 3.05) is 6.61 Å². The molecule has 0 aromatic heterocycles. The van der Waals surface area contributed by atoms with Gasteiger partial charge in [0.15, 0.2) is 5.79 Å². The lowest BCUT2D eigenvalue weighted by Gasteiger charge is -2.25. The second-order valence-electron chi connectivity index (χ2n) is 4.94. The first-order chi connectivity index (χ1) is 7.11. The topological polar surface area (TPSA) is 18.5 Å². The normalized spacial score (nSPS) is 32.1. The van der Waals surface area contributed by atoms with E-state index in [1.165, 1.54) is 11.1 Å². The maximum absolute atomic E-state index is 6.10. The van der Waals surface area contributed by atoms with E-state index in [0.29, 0.717) is 6.61 Å². The Morgan fingerprint density at radius 1 is 1.20 bits per heavy atom. The zero-order valence-corrected chi connectivity index (χ0v) is 9.25. The highest BCUT2D eigenvalue weighted by Crippen LogP contribution is 2.47. The molecule has 15 heavy (non-hydrogen) atoms. The molecule has 0 bridgehead atoms. The van der Waals surface area contributed by atoms with E-state index < -0.39 is 5.79 Å². The van der Waals surface area contributed by atoms with Crippen molar-refractivity contribution in [3.63, 3.8) is 0 Å². The van der Waals surface area contributed by atoms with Crippen LogP contribution in [0.4, 0.5) is 0 Å². The monoisotopic (exact) mass is 204 g/mol. The van der Waals surface area contributed by atoms with Gasteiger partial charge in [0.25, 0.3) is 0 Å². The summed E-state index contributed by atoms with van der Waals surface area (Å²) in [6.07, 6.45) is 2.16. The first kappa shape index (κ1) is 9.37. The summed E-state index contributed by atoms with van der Waals surface area (Å²) < 4.78 is 11.8. The van der Waals surface area contributed by atoms with Crippen LogP contribution in [0.5, 0.6) is 0 Å². The molecule has 1 unspecified atom stereocenters. The van der Waals surface area contributed by atoms with Gasteiger partial charge >= 0.3 is 0 Å². The lowest BCUT2D eigenvalue weighted by molar-refractivity contribution is -0.163. The third-order valence-electron chi connectivity index (χ3n) is 3.40. The average molecular weight is 204 g/mol. The summed E-state index contributed by atoms with van der Waals surface area (Å²) >= 11 is 0. The molecule has 2 aliphatic rings. The van der Waals surface area contributed by atoms with E-state index in [1.807, 2.05) is 13.8 Å². The summed E-state index contributed by atoms with van der Waals surface area (Å²) in [5.74, 6) is -0.433. The first-order valence-electron chi connectivity index (χ1n) is 5.54. The number of hydrogen-bond donors (Lipinski definition) is 0. The summed E-state index contributed by atoms with van der Waals surface area (Å²) in [5, 5.41) is 0. The Labute approximate surface area is 90.2 Å². The molecule has 1 fully saturated rings. The van der Waals surface area contributed by atoms with Crippen LogP contribution in [-0.4, -0.2) is 12.4 Å². The van der Waals surface area contributed by atoms with Crippen LogP contribution in [0.2, 0.25) is 0 Å². The molecule has 1 aliphatic heterocycles. The summed E-state index contributed by atoms with van der Waals surface area (Å²) in [7, 11) is 0. The summed E-state index contributed by atoms with van der Waals surface area (Å²) in [6, 6.07) is 8.55. The van der Waals surface area contributed by atoms with E-state index in [1.54, 1.807) is 0 Å². The zero-order chi connectivity index (χ0) is 10.5. The molecule has 0 N–H and O–H groups in total. The average Bonchev–Trinajstić information content (AvgIpc) is 2.71. The van der Waals surface area contributed by atoms with Gasteiger partial charge in [-0.05, 0) is 37.8 Å². The van der Waals surface area contributed by atoms with Gasteiger partial charge in [-0.2, -0.15) is 0 Å². The van der Waals surface area contributed by atoms with Gasteiger partial charge in [0.1, 0.15) is 5.60 Å². The van der Waals surface area contributed by atoms with Gasteiger partial charge in [0.2, 0.25) is 0 Å². The van der Waals surface area contributed by atoms with Gasteiger partial charge in [0, 0.05) is 0 Å². The van der Waals surface area contributed by atoms with Crippen molar-refractivity contribution >= 4 is 0 Å². The van der Waals surface area contributed by atoms with Crippen LogP contribution >= 0.6 is 0 Å². The highest BCUT2D eigenvalue weighted by atomic mass is 16.8. The molecule has 1 atom stereocenters. The quantitative estimate of drug-likeness (QED) is 0.646. The largest absolute Gasteiger partial charge is 0.347 e. The lowest BCUT2D eigenvalue weighted by atomic mass is 9.97. The molecule has 2 nitrogen and oxygen atoms in total. The van der Waals surface area contributed by atoms with E-state index >= 15 is 0 Å². The van der Waals surface area contributed by atoms with Gasteiger partial charge < -0.3 is 9.47 Å². The van der Waals surface area contributed by atoms with E-state index in [4.69, 9.17) is 9.47 Å². The number of ether oxygens (including phenoxy) is 2. The second kappa shape index (κ2) is 2.83. The molecule has 1 spiro atoms. The Balaban J connectivity index is 2.04. The van der Waals surface area contributed by atoms with Gasteiger partial charge in [-0.1, -0.05) is 24.3 Å². The van der Waals surface area contributed by atoms with Crippen LogP contribution in [0.1, 0.15) is 31.4 Å². The number of rotatable bonds is 0. The first-order valence-corrected chi connectivity index (χ1v) is 5.54. The van der Waals surface area contributed by atoms with Crippen molar-refractivity contribution in [2.24, 2.45) is 0 Å². The fourth-order valence-electron chi connectivity index (χ4n) is 2.73. The van der Waals surface area contributed by atoms with Crippen molar-refractivity contribution in [2.45, 2.75) is 38.1 Å². The molecule has 0 amide bonds. The maximum Gasteiger partial charge on any atom is 0.164 e. The molecule has 1 heterocycles. The molecule has 80 valence electrons. The minimum atomic E-state index is -0.433. The molecule has 1 aliphatic carbocycles. The molecular formula is C13H16O2. The fraction of sp³-hybridized carbons (Fsp3) is 0.538. The highest BCUT2D eigenvalue weighted by Gasteiger charge is 2.49. The van der Waals surface area contributed by atoms with Crippen molar-refractivity contribution in [1.82, 2.24) is 0 Å². The number of hydrogen-bond acceptors (Lipinski definition) is 2. The van der Waals surface area contributed by atoms with Crippen LogP contribution in [0.3, 0.4) is 0 Å². The molecule has 2 heteroatoms. The van der Waals surface area contributed by atoms with Gasteiger partial charge in [0.05, 0.1) is 6.61 Å². The smallest absolute Gasteiger partial charge is 0.164 e.